The monoisotopic (exact) mass is 298 g/mol. The number of hydrogen-bond acceptors (Lipinski definition) is 3. The Morgan fingerprint density at radius 2 is 1.86 bits per heavy atom. The zero-order valence-corrected chi connectivity index (χ0v) is 13.3. The number of hydrogen-bond donors (Lipinski definition) is 0. The first kappa shape index (κ1) is 13.4. The van der Waals surface area contributed by atoms with Crippen molar-refractivity contribution in [2.75, 3.05) is 50.8 Å². The quantitative estimate of drug-likeness (QED) is 0.849. The lowest BCUT2D eigenvalue weighted by Crippen LogP contribution is -2.36. The highest BCUT2D eigenvalue weighted by Crippen LogP contribution is 2.59. The van der Waals surface area contributed by atoms with Crippen LogP contribution in [-0.2, 0) is 10.2 Å². The molecule has 0 amide bonds. The predicted octanol–water partition coefficient (Wildman–Crippen LogP) is 2.51. The second-order valence-corrected chi connectivity index (χ2v) is 7.84. The average Bonchev–Trinajstić information content (AvgIpc) is 3.48. The van der Waals surface area contributed by atoms with E-state index in [0.29, 0.717) is 5.41 Å². The van der Waals surface area contributed by atoms with Crippen LogP contribution in [0.3, 0.4) is 0 Å². The minimum Gasteiger partial charge on any atom is -0.378 e. The third-order valence-corrected chi connectivity index (χ3v) is 6.25. The highest BCUT2D eigenvalue weighted by molar-refractivity contribution is 5.51. The van der Waals surface area contributed by atoms with Gasteiger partial charge in [-0.1, -0.05) is 12.1 Å². The number of morpholine rings is 1. The molecule has 22 heavy (non-hydrogen) atoms. The summed E-state index contributed by atoms with van der Waals surface area (Å²) in [6.07, 6.45) is 4.37. The maximum atomic E-state index is 5.45. The molecular formula is C19H26N2O. The Morgan fingerprint density at radius 3 is 2.59 bits per heavy atom. The number of anilines is 1. The number of ether oxygens (including phenoxy) is 1. The average molecular weight is 298 g/mol. The Morgan fingerprint density at radius 1 is 1.09 bits per heavy atom. The first-order chi connectivity index (χ1) is 10.8. The topological polar surface area (TPSA) is 15.7 Å². The van der Waals surface area contributed by atoms with E-state index in [-0.39, 0.29) is 0 Å². The van der Waals surface area contributed by atoms with Gasteiger partial charge in [0.25, 0.3) is 0 Å². The van der Waals surface area contributed by atoms with Crippen LogP contribution in [0.2, 0.25) is 0 Å². The second kappa shape index (κ2) is 4.97. The fraction of sp³-hybridized carbons (Fsp3) is 0.684. The molecule has 1 aromatic carbocycles. The third kappa shape index (κ3) is 2.26. The highest BCUT2D eigenvalue weighted by atomic mass is 16.5. The van der Waals surface area contributed by atoms with E-state index in [0.717, 1.165) is 38.1 Å². The van der Waals surface area contributed by atoms with Crippen LogP contribution >= 0.6 is 0 Å². The van der Waals surface area contributed by atoms with Crippen LogP contribution in [0, 0.1) is 11.8 Å². The van der Waals surface area contributed by atoms with Crippen molar-refractivity contribution in [3.63, 3.8) is 0 Å². The number of rotatable bonds is 4. The molecule has 2 aliphatic carbocycles. The van der Waals surface area contributed by atoms with Gasteiger partial charge >= 0.3 is 0 Å². The molecule has 0 radical (unpaired) electrons. The van der Waals surface area contributed by atoms with Crippen molar-refractivity contribution >= 4 is 5.69 Å². The molecule has 2 aliphatic heterocycles. The molecule has 3 heteroatoms. The van der Waals surface area contributed by atoms with Gasteiger partial charge in [0.1, 0.15) is 0 Å². The van der Waals surface area contributed by atoms with E-state index in [2.05, 4.69) is 34.1 Å². The third-order valence-electron chi connectivity index (χ3n) is 6.25. The van der Waals surface area contributed by atoms with Crippen molar-refractivity contribution in [3.8, 4) is 0 Å². The normalized spacial score (nSPS) is 34.7. The molecule has 2 saturated heterocycles. The molecule has 4 aliphatic rings. The summed E-state index contributed by atoms with van der Waals surface area (Å²) in [4.78, 5) is 5.19. The Balaban J connectivity index is 1.29. The van der Waals surface area contributed by atoms with Gasteiger partial charge in [0, 0.05) is 43.8 Å². The maximum Gasteiger partial charge on any atom is 0.0642 e. The van der Waals surface area contributed by atoms with Crippen LogP contribution in [0.25, 0.3) is 0 Å². The van der Waals surface area contributed by atoms with Gasteiger partial charge in [0.2, 0.25) is 0 Å². The van der Waals surface area contributed by atoms with Crippen molar-refractivity contribution in [2.24, 2.45) is 11.8 Å². The van der Waals surface area contributed by atoms with Crippen LogP contribution in [0.1, 0.15) is 24.8 Å². The smallest absolute Gasteiger partial charge is 0.0642 e. The van der Waals surface area contributed by atoms with Gasteiger partial charge in [-0.3, -0.25) is 0 Å². The Labute approximate surface area is 133 Å². The molecule has 2 atom stereocenters. The summed E-state index contributed by atoms with van der Waals surface area (Å²) >= 11 is 0. The van der Waals surface area contributed by atoms with Crippen molar-refractivity contribution in [1.29, 1.82) is 0 Å². The Bertz CT molecular complexity index is 547. The zero-order valence-electron chi connectivity index (χ0n) is 13.3. The lowest BCUT2D eigenvalue weighted by atomic mass is 9.94. The van der Waals surface area contributed by atoms with E-state index in [9.17, 15) is 0 Å². The van der Waals surface area contributed by atoms with Gasteiger partial charge < -0.3 is 14.5 Å². The summed E-state index contributed by atoms with van der Waals surface area (Å²) in [5.74, 6) is 1.96. The fourth-order valence-corrected chi connectivity index (χ4v) is 4.66. The minimum absolute atomic E-state index is 0.512. The van der Waals surface area contributed by atoms with Gasteiger partial charge in [-0.05, 0) is 48.8 Å². The lowest BCUT2D eigenvalue weighted by Gasteiger charge is -2.29. The molecule has 2 heterocycles. The van der Waals surface area contributed by atoms with Crippen molar-refractivity contribution in [2.45, 2.75) is 24.7 Å². The van der Waals surface area contributed by atoms with Gasteiger partial charge in [-0.2, -0.15) is 0 Å². The molecule has 3 nitrogen and oxygen atoms in total. The van der Waals surface area contributed by atoms with E-state index < -0.39 is 0 Å². The number of fused-ring (bicyclic) bond motifs is 1. The summed E-state index contributed by atoms with van der Waals surface area (Å²) in [5.41, 5.74) is 3.47. The van der Waals surface area contributed by atoms with E-state index in [1.54, 1.807) is 5.56 Å². The van der Waals surface area contributed by atoms with Crippen LogP contribution in [0.4, 0.5) is 5.69 Å². The molecule has 2 saturated carbocycles. The van der Waals surface area contributed by atoms with Gasteiger partial charge in [-0.25, -0.2) is 0 Å². The molecule has 0 aromatic heterocycles. The Hall–Kier alpha value is -1.06. The SMILES string of the molecule is c1cc([C@@]23C[C@@H]2CN(CC2CC2)C3)ccc1N1CCOCC1. The van der Waals surface area contributed by atoms with E-state index in [1.165, 1.54) is 44.6 Å². The number of likely N-dealkylation sites (tertiary alicyclic amines) is 1. The van der Waals surface area contributed by atoms with Crippen molar-refractivity contribution in [3.05, 3.63) is 29.8 Å². The van der Waals surface area contributed by atoms with Crippen molar-refractivity contribution in [1.82, 2.24) is 4.90 Å². The summed E-state index contributed by atoms with van der Waals surface area (Å²) in [5, 5.41) is 0. The van der Waals surface area contributed by atoms with E-state index >= 15 is 0 Å². The Kier molecular flexibility index (Phi) is 3.02. The van der Waals surface area contributed by atoms with Crippen LogP contribution in [-0.4, -0.2) is 50.8 Å². The maximum absolute atomic E-state index is 5.45. The first-order valence-electron chi connectivity index (χ1n) is 8.99. The number of nitrogens with zero attached hydrogens (tertiary/aromatic N) is 2. The van der Waals surface area contributed by atoms with Gasteiger partial charge in [0.05, 0.1) is 13.2 Å². The predicted molar refractivity (Wildman–Crippen MR) is 88.4 cm³/mol. The molecule has 0 unspecified atom stereocenters. The number of benzene rings is 1. The highest BCUT2D eigenvalue weighted by Gasteiger charge is 2.60. The molecular weight excluding hydrogens is 272 g/mol. The molecule has 0 spiro atoms. The first-order valence-corrected chi connectivity index (χ1v) is 8.99. The molecule has 4 fully saturated rings. The van der Waals surface area contributed by atoms with E-state index in [1.807, 2.05) is 0 Å². The minimum atomic E-state index is 0.512. The molecule has 118 valence electrons. The van der Waals surface area contributed by atoms with Crippen LogP contribution in [0.15, 0.2) is 24.3 Å². The van der Waals surface area contributed by atoms with Crippen LogP contribution in [0.5, 0.6) is 0 Å². The summed E-state index contributed by atoms with van der Waals surface area (Å²) in [7, 11) is 0. The van der Waals surface area contributed by atoms with Gasteiger partial charge in [0.15, 0.2) is 0 Å². The van der Waals surface area contributed by atoms with Crippen molar-refractivity contribution < 1.29 is 4.74 Å². The summed E-state index contributed by atoms with van der Waals surface area (Å²) in [6.45, 7) is 7.81. The van der Waals surface area contributed by atoms with Gasteiger partial charge in [-0.15, -0.1) is 0 Å². The summed E-state index contributed by atoms with van der Waals surface area (Å²) < 4.78 is 5.45. The molecule has 0 bridgehead atoms. The zero-order chi connectivity index (χ0) is 14.6. The summed E-state index contributed by atoms with van der Waals surface area (Å²) in [6, 6.07) is 9.50. The number of piperidine rings is 1. The molecule has 1 aromatic rings. The molecule has 0 N–H and O–H groups in total. The largest absolute Gasteiger partial charge is 0.378 e. The lowest BCUT2D eigenvalue weighted by molar-refractivity contribution is 0.122. The van der Waals surface area contributed by atoms with E-state index in [4.69, 9.17) is 4.74 Å². The fourth-order valence-electron chi connectivity index (χ4n) is 4.66. The second-order valence-electron chi connectivity index (χ2n) is 7.84. The van der Waals surface area contributed by atoms with Crippen LogP contribution < -0.4 is 4.90 Å². The molecule has 5 rings (SSSR count). The standard InChI is InChI=1S/C19H26N2O/c1-2-15(1)12-20-13-17-11-19(17,14-20)16-3-5-18(6-4-16)21-7-9-22-10-8-21/h3-6,15,17H,1-2,7-14H2/t17-,19+/m1/s1.